The van der Waals surface area contributed by atoms with Crippen molar-refractivity contribution < 1.29 is 14.3 Å². The molecule has 0 unspecified atom stereocenters. The smallest absolute Gasteiger partial charge is 0.412 e. The van der Waals surface area contributed by atoms with Gasteiger partial charge in [-0.15, -0.1) is 0 Å². The second-order valence-electron chi connectivity index (χ2n) is 4.80. The molecule has 7 heteroatoms. The second-order valence-corrected chi connectivity index (χ2v) is 6.48. The van der Waals surface area contributed by atoms with Crippen molar-refractivity contribution >= 4 is 39.5 Å². The Kier molecular flexibility index (Phi) is 5.72. The number of thioether (sulfide) groups is 1. The maximum Gasteiger partial charge on any atom is 0.412 e. The van der Waals surface area contributed by atoms with Crippen LogP contribution < -0.4 is 10.1 Å². The summed E-state index contributed by atoms with van der Waals surface area (Å²) in [6, 6.07) is 3.34. The highest BCUT2D eigenvalue weighted by atomic mass is 79.9. The molecule has 0 bridgehead atoms. The molecule has 0 saturated carbocycles. The molecule has 0 fully saturated rings. The molecule has 0 aliphatic rings. The Labute approximate surface area is 130 Å². The number of carbonyl (C=O) groups is 1. The summed E-state index contributed by atoms with van der Waals surface area (Å²) >= 11 is 4.35. The Balaban J connectivity index is 2.98. The van der Waals surface area contributed by atoms with Gasteiger partial charge in [-0.3, -0.25) is 5.32 Å². The molecule has 1 aromatic rings. The van der Waals surface area contributed by atoms with E-state index >= 15 is 0 Å². The number of hydrogen-bond acceptors (Lipinski definition) is 5. The van der Waals surface area contributed by atoms with Gasteiger partial charge in [0.1, 0.15) is 16.8 Å². The SMILES string of the molecule is COc1cc(SC#N)c(Br)cc1NC(=O)OC(C)(C)C. The van der Waals surface area contributed by atoms with Crippen LogP contribution in [0.5, 0.6) is 5.75 Å². The fraction of sp³-hybridized carbons (Fsp3) is 0.385. The van der Waals surface area contributed by atoms with Crippen LogP contribution in [0, 0.1) is 10.7 Å². The molecular weight excluding hydrogens is 344 g/mol. The molecule has 20 heavy (non-hydrogen) atoms. The van der Waals surface area contributed by atoms with Crippen LogP contribution in [0.15, 0.2) is 21.5 Å². The van der Waals surface area contributed by atoms with Crippen LogP contribution in [-0.2, 0) is 4.74 Å². The number of benzene rings is 1. The number of thiocyanates is 1. The van der Waals surface area contributed by atoms with E-state index in [0.29, 0.717) is 20.8 Å². The number of amides is 1. The van der Waals surface area contributed by atoms with E-state index in [2.05, 4.69) is 21.2 Å². The standard InChI is InChI=1S/C13H15BrN2O3S/c1-13(2,3)19-12(17)16-9-5-8(14)11(20-7-15)6-10(9)18-4/h5-6H,1-4H3,(H,16,17). The Morgan fingerprint density at radius 3 is 2.60 bits per heavy atom. The molecule has 1 aromatic carbocycles. The first-order valence-corrected chi connectivity index (χ1v) is 7.31. The third kappa shape index (κ3) is 4.94. The van der Waals surface area contributed by atoms with E-state index in [0.717, 1.165) is 11.8 Å². The van der Waals surface area contributed by atoms with Crippen LogP contribution >= 0.6 is 27.7 Å². The van der Waals surface area contributed by atoms with E-state index in [9.17, 15) is 4.79 Å². The monoisotopic (exact) mass is 358 g/mol. The van der Waals surface area contributed by atoms with Crippen LogP contribution in [0.25, 0.3) is 0 Å². The Bertz CT molecular complexity index is 550. The predicted molar refractivity (Wildman–Crippen MR) is 82.0 cm³/mol. The maximum atomic E-state index is 11.8. The Morgan fingerprint density at radius 1 is 1.45 bits per heavy atom. The molecule has 0 saturated heterocycles. The largest absolute Gasteiger partial charge is 0.495 e. The third-order valence-electron chi connectivity index (χ3n) is 2.05. The topological polar surface area (TPSA) is 71.3 Å². The van der Waals surface area contributed by atoms with Crippen molar-refractivity contribution in [3.63, 3.8) is 0 Å². The molecule has 0 radical (unpaired) electrons. The molecule has 108 valence electrons. The number of halogens is 1. The molecule has 0 spiro atoms. The van der Waals surface area contributed by atoms with Gasteiger partial charge < -0.3 is 9.47 Å². The van der Waals surface area contributed by atoms with E-state index < -0.39 is 11.7 Å². The van der Waals surface area contributed by atoms with Gasteiger partial charge in [-0.05, 0) is 60.6 Å². The maximum absolute atomic E-state index is 11.8. The van der Waals surface area contributed by atoms with Gasteiger partial charge >= 0.3 is 6.09 Å². The lowest BCUT2D eigenvalue weighted by Crippen LogP contribution is -2.27. The van der Waals surface area contributed by atoms with E-state index in [1.54, 1.807) is 32.9 Å². The molecule has 0 heterocycles. The van der Waals surface area contributed by atoms with E-state index in [-0.39, 0.29) is 0 Å². The number of ether oxygens (including phenoxy) is 2. The quantitative estimate of drug-likeness (QED) is 0.641. The number of nitrogens with one attached hydrogen (secondary N) is 1. The zero-order valence-corrected chi connectivity index (χ0v) is 14.0. The minimum absolute atomic E-state index is 0.455. The molecule has 1 rings (SSSR count). The predicted octanol–water partition coefficient (Wildman–Crippen LogP) is 4.38. The molecule has 1 N–H and O–H groups in total. The lowest BCUT2D eigenvalue weighted by Gasteiger charge is -2.20. The summed E-state index contributed by atoms with van der Waals surface area (Å²) in [5.74, 6) is 0.455. The van der Waals surface area contributed by atoms with Gasteiger partial charge in [0.05, 0.1) is 12.8 Å². The van der Waals surface area contributed by atoms with Gasteiger partial charge in [-0.1, -0.05) is 0 Å². The molecule has 0 aromatic heterocycles. The number of hydrogen-bond donors (Lipinski definition) is 1. The van der Waals surface area contributed by atoms with Crippen molar-refractivity contribution in [2.45, 2.75) is 31.3 Å². The first-order valence-electron chi connectivity index (χ1n) is 5.70. The second kappa shape index (κ2) is 6.86. The zero-order valence-electron chi connectivity index (χ0n) is 11.6. The average Bonchev–Trinajstić information content (AvgIpc) is 2.30. The van der Waals surface area contributed by atoms with Gasteiger partial charge in [-0.2, -0.15) is 5.26 Å². The molecule has 5 nitrogen and oxygen atoms in total. The summed E-state index contributed by atoms with van der Waals surface area (Å²) in [4.78, 5) is 12.5. The first-order chi connectivity index (χ1) is 9.26. The Hall–Kier alpha value is -1.39. The highest BCUT2D eigenvalue weighted by Gasteiger charge is 2.18. The van der Waals surface area contributed by atoms with Crippen molar-refractivity contribution in [1.29, 1.82) is 5.26 Å². The summed E-state index contributed by atoms with van der Waals surface area (Å²) in [5.41, 5.74) is -0.110. The van der Waals surface area contributed by atoms with E-state index in [4.69, 9.17) is 14.7 Å². The van der Waals surface area contributed by atoms with Gasteiger partial charge in [0.15, 0.2) is 0 Å². The molecule has 0 atom stereocenters. The molecular formula is C13H15BrN2O3S. The van der Waals surface area contributed by atoms with Crippen LogP contribution in [0.1, 0.15) is 20.8 Å². The number of carbonyl (C=O) groups excluding carboxylic acids is 1. The normalized spacial score (nSPS) is 10.6. The number of rotatable bonds is 3. The van der Waals surface area contributed by atoms with Gasteiger partial charge in [0.2, 0.25) is 0 Å². The third-order valence-corrected chi connectivity index (χ3v) is 3.61. The summed E-state index contributed by atoms with van der Waals surface area (Å²) in [5, 5.41) is 13.3. The average molecular weight is 359 g/mol. The van der Waals surface area contributed by atoms with Crippen LogP contribution in [-0.4, -0.2) is 18.8 Å². The fourth-order valence-electron chi connectivity index (χ4n) is 1.34. The minimum Gasteiger partial charge on any atom is -0.495 e. The molecule has 0 aliphatic heterocycles. The highest BCUT2D eigenvalue weighted by molar-refractivity contribution is 9.10. The van der Waals surface area contributed by atoms with Gasteiger partial charge in [0.25, 0.3) is 0 Å². The zero-order chi connectivity index (χ0) is 15.3. The van der Waals surface area contributed by atoms with Crippen molar-refractivity contribution in [2.24, 2.45) is 0 Å². The summed E-state index contributed by atoms with van der Waals surface area (Å²) in [6.45, 7) is 5.35. The number of anilines is 1. The molecule has 1 amide bonds. The van der Waals surface area contributed by atoms with E-state index in [1.165, 1.54) is 7.11 Å². The summed E-state index contributed by atoms with van der Waals surface area (Å²) in [6.07, 6.45) is -0.566. The summed E-state index contributed by atoms with van der Waals surface area (Å²) < 4.78 is 11.1. The lowest BCUT2D eigenvalue weighted by atomic mass is 10.2. The van der Waals surface area contributed by atoms with E-state index in [1.807, 2.05) is 5.40 Å². The van der Waals surface area contributed by atoms with Crippen molar-refractivity contribution in [2.75, 3.05) is 12.4 Å². The lowest BCUT2D eigenvalue weighted by molar-refractivity contribution is 0.0635. The number of nitrogens with zero attached hydrogens (tertiary/aromatic N) is 1. The summed E-state index contributed by atoms with van der Waals surface area (Å²) in [7, 11) is 1.49. The number of nitriles is 1. The van der Waals surface area contributed by atoms with Crippen molar-refractivity contribution in [1.82, 2.24) is 0 Å². The van der Waals surface area contributed by atoms with Gasteiger partial charge in [0, 0.05) is 9.37 Å². The minimum atomic E-state index is -0.578. The Morgan fingerprint density at radius 2 is 2.10 bits per heavy atom. The van der Waals surface area contributed by atoms with Crippen molar-refractivity contribution in [3.05, 3.63) is 16.6 Å². The number of methoxy groups -OCH3 is 1. The highest BCUT2D eigenvalue weighted by Crippen LogP contribution is 2.36. The fourth-order valence-corrected chi connectivity index (χ4v) is 2.35. The van der Waals surface area contributed by atoms with Gasteiger partial charge in [-0.25, -0.2) is 4.79 Å². The van der Waals surface area contributed by atoms with Crippen LogP contribution in [0.4, 0.5) is 10.5 Å². The van der Waals surface area contributed by atoms with Crippen LogP contribution in [0.3, 0.4) is 0 Å². The van der Waals surface area contributed by atoms with Crippen LogP contribution in [0.2, 0.25) is 0 Å². The molecule has 0 aliphatic carbocycles. The van der Waals surface area contributed by atoms with Crippen molar-refractivity contribution in [3.8, 4) is 11.2 Å². The first kappa shape index (κ1) is 16.7.